The average Bonchev–Trinajstić information content (AvgIpc) is 2.49. The molecule has 1 N–H and O–H groups in total. The van der Waals surface area contributed by atoms with Crippen LogP contribution in [0.4, 0.5) is 0 Å². The van der Waals surface area contributed by atoms with Gasteiger partial charge >= 0.3 is 0 Å². The van der Waals surface area contributed by atoms with Crippen molar-refractivity contribution >= 4 is 0 Å². The Labute approximate surface area is 121 Å². The third-order valence-corrected chi connectivity index (χ3v) is 3.76. The van der Waals surface area contributed by atoms with E-state index in [0.717, 1.165) is 18.5 Å². The molecular weight excluding hydrogens is 246 g/mol. The molecule has 0 amide bonds. The van der Waals surface area contributed by atoms with Crippen molar-refractivity contribution in [3.05, 3.63) is 71.8 Å². The largest absolute Gasteiger partial charge is 0.387 e. The second-order valence-electron chi connectivity index (χ2n) is 5.23. The van der Waals surface area contributed by atoms with E-state index in [1.165, 1.54) is 5.56 Å². The van der Waals surface area contributed by atoms with Crippen LogP contribution in [0.2, 0.25) is 0 Å². The van der Waals surface area contributed by atoms with Crippen molar-refractivity contribution in [3.63, 3.8) is 0 Å². The van der Waals surface area contributed by atoms with Crippen molar-refractivity contribution in [2.45, 2.75) is 32.0 Å². The minimum atomic E-state index is -0.449. The van der Waals surface area contributed by atoms with Gasteiger partial charge in [-0.05, 0) is 24.6 Å². The number of nitrogens with zero attached hydrogens (tertiary/aromatic N) is 1. The lowest BCUT2D eigenvalue weighted by molar-refractivity contribution is 0.0563. The molecule has 2 aromatic carbocycles. The van der Waals surface area contributed by atoms with Gasteiger partial charge in [-0.25, -0.2) is 0 Å². The maximum absolute atomic E-state index is 10.6. The first-order chi connectivity index (χ1) is 9.72. The van der Waals surface area contributed by atoms with Crippen molar-refractivity contribution in [2.75, 3.05) is 7.05 Å². The topological polar surface area (TPSA) is 23.5 Å². The maximum Gasteiger partial charge on any atom is 0.0945 e. The van der Waals surface area contributed by atoms with Crippen LogP contribution in [-0.4, -0.2) is 23.1 Å². The summed E-state index contributed by atoms with van der Waals surface area (Å²) in [4.78, 5) is 2.23. The van der Waals surface area contributed by atoms with Crippen LogP contribution in [0.15, 0.2) is 60.7 Å². The number of hydrogen-bond acceptors (Lipinski definition) is 2. The fourth-order valence-corrected chi connectivity index (χ4v) is 2.64. The van der Waals surface area contributed by atoms with Gasteiger partial charge in [0.2, 0.25) is 0 Å². The monoisotopic (exact) mass is 269 g/mol. The van der Waals surface area contributed by atoms with Crippen molar-refractivity contribution in [1.29, 1.82) is 0 Å². The molecule has 0 fully saturated rings. The Balaban J connectivity index is 2.07. The van der Waals surface area contributed by atoms with E-state index in [1.807, 2.05) is 36.4 Å². The molecule has 0 radical (unpaired) electrons. The molecule has 2 rings (SSSR count). The first kappa shape index (κ1) is 14.8. The Hall–Kier alpha value is -1.64. The van der Waals surface area contributed by atoms with E-state index in [0.29, 0.717) is 0 Å². The van der Waals surface area contributed by atoms with Crippen LogP contribution >= 0.6 is 0 Å². The molecule has 0 spiro atoms. The number of aliphatic hydroxyl groups is 1. The van der Waals surface area contributed by atoms with E-state index in [1.54, 1.807) is 0 Å². The third-order valence-electron chi connectivity index (χ3n) is 3.76. The van der Waals surface area contributed by atoms with Gasteiger partial charge in [0.05, 0.1) is 6.10 Å². The molecule has 20 heavy (non-hydrogen) atoms. The molecular formula is C18H23NO. The number of likely N-dealkylation sites (N-methyl/N-ethyl adjacent to an activating group) is 1. The van der Waals surface area contributed by atoms with Crippen molar-refractivity contribution in [3.8, 4) is 0 Å². The van der Waals surface area contributed by atoms with Crippen LogP contribution in [0.3, 0.4) is 0 Å². The summed E-state index contributed by atoms with van der Waals surface area (Å²) in [6.07, 6.45) is 0.467. The molecule has 0 saturated heterocycles. The zero-order valence-electron chi connectivity index (χ0n) is 12.2. The quantitative estimate of drug-likeness (QED) is 0.865. The second kappa shape index (κ2) is 7.22. The van der Waals surface area contributed by atoms with Crippen LogP contribution in [-0.2, 0) is 6.54 Å². The van der Waals surface area contributed by atoms with Gasteiger partial charge in [0.15, 0.2) is 0 Å². The Morgan fingerprint density at radius 2 is 1.50 bits per heavy atom. The van der Waals surface area contributed by atoms with E-state index in [9.17, 15) is 5.11 Å². The van der Waals surface area contributed by atoms with Gasteiger partial charge in [-0.3, -0.25) is 4.90 Å². The van der Waals surface area contributed by atoms with E-state index >= 15 is 0 Å². The highest BCUT2D eigenvalue weighted by atomic mass is 16.3. The summed E-state index contributed by atoms with van der Waals surface area (Å²) in [6, 6.07) is 20.4. The molecule has 0 bridgehead atoms. The third kappa shape index (κ3) is 3.69. The SMILES string of the molecule is CCC(C(O)c1ccccc1)N(C)Cc1ccccc1. The van der Waals surface area contributed by atoms with Crippen LogP contribution in [0.1, 0.15) is 30.6 Å². The first-order valence-corrected chi connectivity index (χ1v) is 7.19. The molecule has 0 aliphatic rings. The standard InChI is InChI=1S/C18H23NO/c1-3-17(18(20)16-12-8-5-9-13-16)19(2)14-15-10-6-4-7-11-15/h4-13,17-18,20H,3,14H2,1-2H3. The molecule has 0 aromatic heterocycles. The van der Waals surface area contributed by atoms with Crippen molar-refractivity contribution in [2.24, 2.45) is 0 Å². The van der Waals surface area contributed by atoms with Crippen molar-refractivity contribution < 1.29 is 5.11 Å². The lowest BCUT2D eigenvalue weighted by atomic mass is 9.99. The predicted octanol–water partition coefficient (Wildman–Crippen LogP) is 3.63. The molecule has 106 valence electrons. The summed E-state index contributed by atoms with van der Waals surface area (Å²) >= 11 is 0. The summed E-state index contributed by atoms with van der Waals surface area (Å²) in [6.45, 7) is 2.97. The Bertz CT molecular complexity index is 497. The second-order valence-corrected chi connectivity index (χ2v) is 5.23. The van der Waals surface area contributed by atoms with Crippen LogP contribution in [0.25, 0.3) is 0 Å². The molecule has 0 heterocycles. The minimum Gasteiger partial charge on any atom is -0.387 e. The molecule has 2 unspecified atom stereocenters. The summed E-state index contributed by atoms with van der Waals surface area (Å²) < 4.78 is 0. The van der Waals surface area contributed by atoms with Gasteiger partial charge < -0.3 is 5.11 Å². The van der Waals surface area contributed by atoms with Gasteiger partial charge in [0, 0.05) is 12.6 Å². The van der Waals surface area contributed by atoms with Gasteiger partial charge in [0.1, 0.15) is 0 Å². The predicted molar refractivity (Wildman–Crippen MR) is 83.4 cm³/mol. The zero-order chi connectivity index (χ0) is 14.4. The first-order valence-electron chi connectivity index (χ1n) is 7.19. The highest BCUT2D eigenvalue weighted by molar-refractivity contribution is 5.19. The Morgan fingerprint density at radius 1 is 0.950 bits per heavy atom. The minimum absolute atomic E-state index is 0.123. The number of rotatable bonds is 6. The van der Waals surface area contributed by atoms with E-state index < -0.39 is 6.10 Å². The number of hydrogen-bond donors (Lipinski definition) is 1. The smallest absolute Gasteiger partial charge is 0.0945 e. The highest BCUT2D eigenvalue weighted by Crippen LogP contribution is 2.23. The number of benzene rings is 2. The van der Waals surface area contributed by atoms with Gasteiger partial charge in [-0.2, -0.15) is 0 Å². The van der Waals surface area contributed by atoms with Crippen LogP contribution in [0, 0.1) is 0 Å². The lowest BCUT2D eigenvalue weighted by Gasteiger charge is -2.31. The fourth-order valence-electron chi connectivity index (χ4n) is 2.64. The van der Waals surface area contributed by atoms with E-state index in [2.05, 4.69) is 43.1 Å². The summed E-state index contributed by atoms with van der Waals surface area (Å²) in [5.74, 6) is 0. The van der Waals surface area contributed by atoms with E-state index in [4.69, 9.17) is 0 Å². The highest BCUT2D eigenvalue weighted by Gasteiger charge is 2.23. The summed E-state index contributed by atoms with van der Waals surface area (Å²) in [5, 5.41) is 10.6. The molecule has 2 aromatic rings. The van der Waals surface area contributed by atoms with Gasteiger partial charge in [-0.1, -0.05) is 67.6 Å². The van der Waals surface area contributed by atoms with Crippen molar-refractivity contribution in [1.82, 2.24) is 4.90 Å². The summed E-state index contributed by atoms with van der Waals surface area (Å²) in [5.41, 5.74) is 2.26. The molecule has 2 nitrogen and oxygen atoms in total. The van der Waals surface area contributed by atoms with Crippen LogP contribution < -0.4 is 0 Å². The number of aliphatic hydroxyl groups excluding tert-OH is 1. The maximum atomic E-state index is 10.6. The summed E-state index contributed by atoms with van der Waals surface area (Å²) in [7, 11) is 2.08. The average molecular weight is 269 g/mol. The zero-order valence-corrected chi connectivity index (χ0v) is 12.2. The molecule has 0 aliphatic carbocycles. The Morgan fingerprint density at radius 3 is 2.05 bits per heavy atom. The molecule has 2 heteroatoms. The molecule has 0 saturated carbocycles. The van der Waals surface area contributed by atoms with Gasteiger partial charge in [-0.15, -0.1) is 0 Å². The molecule has 2 atom stereocenters. The normalized spacial score (nSPS) is 14.2. The van der Waals surface area contributed by atoms with E-state index in [-0.39, 0.29) is 6.04 Å². The van der Waals surface area contributed by atoms with Crippen LogP contribution in [0.5, 0.6) is 0 Å². The Kier molecular flexibility index (Phi) is 5.33. The lowest BCUT2D eigenvalue weighted by Crippen LogP contribution is -2.36. The molecule has 0 aliphatic heterocycles. The fraction of sp³-hybridized carbons (Fsp3) is 0.333. The van der Waals surface area contributed by atoms with Gasteiger partial charge in [0.25, 0.3) is 0 Å².